The van der Waals surface area contributed by atoms with Gasteiger partial charge >= 0.3 is 5.97 Å². The van der Waals surface area contributed by atoms with Gasteiger partial charge < -0.3 is 14.4 Å². The van der Waals surface area contributed by atoms with E-state index in [2.05, 4.69) is 6.58 Å². The molecule has 0 spiro atoms. The number of esters is 1. The molecule has 0 saturated heterocycles. The number of carbonyl (C=O) groups is 1. The number of hydrogen-bond donors (Lipinski definition) is 1. The van der Waals surface area contributed by atoms with Gasteiger partial charge in [0.2, 0.25) is 0 Å². The molecule has 0 bridgehead atoms. The first-order valence-electron chi connectivity index (χ1n) is 9.69. The molecule has 2 aromatic heterocycles. The SMILES string of the molecule is C=CCC1OC(=O)[C@](O)(CC)c2cc3n(c(=O)c21)Cc1cc2ccccc2nc1-3. The summed E-state index contributed by atoms with van der Waals surface area (Å²) in [5.74, 6) is -0.728. The lowest BCUT2D eigenvalue weighted by atomic mass is 9.83. The molecule has 29 heavy (non-hydrogen) atoms. The van der Waals surface area contributed by atoms with Gasteiger partial charge in [-0.3, -0.25) is 4.79 Å². The van der Waals surface area contributed by atoms with Gasteiger partial charge in [-0.2, -0.15) is 0 Å². The van der Waals surface area contributed by atoms with Crippen molar-refractivity contribution in [2.24, 2.45) is 0 Å². The first-order valence-corrected chi connectivity index (χ1v) is 9.69. The molecule has 2 atom stereocenters. The van der Waals surface area contributed by atoms with E-state index >= 15 is 0 Å². The fraction of sp³-hybridized carbons (Fsp3) is 0.261. The van der Waals surface area contributed by atoms with Crippen LogP contribution in [0.4, 0.5) is 0 Å². The van der Waals surface area contributed by atoms with Crippen LogP contribution in [-0.4, -0.2) is 20.6 Å². The van der Waals surface area contributed by atoms with Gasteiger partial charge in [-0.15, -0.1) is 6.58 Å². The minimum atomic E-state index is -1.85. The molecule has 4 heterocycles. The molecule has 6 heteroatoms. The topological polar surface area (TPSA) is 81.4 Å². The van der Waals surface area contributed by atoms with Crippen LogP contribution in [0.25, 0.3) is 22.3 Å². The first-order chi connectivity index (χ1) is 14.0. The van der Waals surface area contributed by atoms with Crippen molar-refractivity contribution in [3.8, 4) is 11.4 Å². The molecule has 1 aromatic carbocycles. The third-order valence-corrected chi connectivity index (χ3v) is 5.96. The number of cyclic esters (lactones) is 1. The second kappa shape index (κ2) is 6.12. The van der Waals surface area contributed by atoms with E-state index in [4.69, 9.17) is 9.72 Å². The molecule has 0 saturated carbocycles. The van der Waals surface area contributed by atoms with Gasteiger partial charge in [-0.05, 0) is 24.6 Å². The van der Waals surface area contributed by atoms with Crippen molar-refractivity contribution >= 4 is 16.9 Å². The number of para-hydroxylation sites is 1. The Balaban J connectivity index is 1.81. The Hall–Kier alpha value is -3.25. The quantitative estimate of drug-likeness (QED) is 0.431. The van der Waals surface area contributed by atoms with Crippen molar-refractivity contribution in [3.63, 3.8) is 0 Å². The number of pyridine rings is 2. The predicted octanol–water partition coefficient (Wildman–Crippen LogP) is 3.20. The van der Waals surface area contributed by atoms with E-state index in [1.807, 2.05) is 30.3 Å². The molecule has 0 radical (unpaired) electrons. The van der Waals surface area contributed by atoms with Crippen LogP contribution in [0.3, 0.4) is 0 Å². The summed E-state index contributed by atoms with van der Waals surface area (Å²) in [5.41, 5.74) is 1.65. The summed E-state index contributed by atoms with van der Waals surface area (Å²) in [7, 11) is 0. The molecule has 2 aliphatic rings. The molecular formula is C23H20N2O4. The fourth-order valence-corrected chi connectivity index (χ4v) is 4.39. The maximum atomic E-state index is 13.5. The molecule has 0 aliphatic carbocycles. The maximum Gasteiger partial charge on any atom is 0.343 e. The number of nitrogens with zero attached hydrogens (tertiary/aromatic N) is 2. The zero-order valence-corrected chi connectivity index (χ0v) is 16.0. The predicted molar refractivity (Wildman–Crippen MR) is 108 cm³/mol. The second-order valence-electron chi connectivity index (χ2n) is 7.57. The normalized spacial score (nSPS) is 22.0. The summed E-state index contributed by atoms with van der Waals surface area (Å²) < 4.78 is 7.10. The van der Waals surface area contributed by atoms with Crippen LogP contribution in [-0.2, 0) is 21.7 Å². The average molecular weight is 388 g/mol. The van der Waals surface area contributed by atoms with Crippen molar-refractivity contribution < 1.29 is 14.6 Å². The smallest absolute Gasteiger partial charge is 0.343 e. The Morgan fingerprint density at radius 1 is 1.34 bits per heavy atom. The number of hydrogen-bond acceptors (Lipinski definition) is 5. The molecule has 0 fully saturated rings. The van der Waals surface area contributed by atoms with Gasteiger partial charge in [-0.1, -0.05) is 31.2 Å². The standard InChI is InChI=1S/C23H20N2O4/c1-3-7-18-19-15(23(28,4-2)22(27)29-18)11-17-20-14(12-25(17)21(19)26)10-13-8-5-6-9-16(13)24-20/h3,5-6,8-11,18,28H,1,4,7,12H2,2H3/t18?,23-/m0/s1. The van der Waals surface area contributed by atoms with E-state index in [1.165, 1.54) is 0 Å². The monoisotopic (exact) mass is 388 g/mol. The van der Waals surface area contributed by atoms with Gasteiger partial charge in [-0.25, -0.2) is 9.78 Å². The lowest BCUT2D eigenvalue weighted by molar-refractivity contribution is -0.177. The van der Waals surface area contributed by atoms with Crippen molar-refractivity contribution in [1.29, 1.82) is 0 Å². The Labute approximate surface area is 167 Å². The van der Waals surface area contributed by atoms with E-state index in [0.717, 1.165) is 16.5 Å². The van der Waals surface area contributed by atoms with E-state index in [0.29, 0.717) is 35.5 Å². The number of benzene rings is 1. The van der Waals surface area contributed by atoms with Gasteiger partial charge in [0.1, 0.15) is 6.10 Å². The Morgan fingerprint density at radius 3 is 2.90 bits per heavy atom. The van der Waals surface area contributed by atoms with E-state index in [1.54, 1.807) is 23.6 Å². The maximum absolute atomic E-state index is 13.5. The Kier molecular flexibility index (Phi) is 3.76. The van der Waals surface area contributed by atoms with Crippen LogP contribution in [0.5, 0.6) is 0 Å². The highest BCUT2D eigenvalue weighted by molar-refractivity contribution is 5.86. The molecule has 1 N–H and O–H groups in total. The number of aromatic nitrogens is 2. The minimum absolute atomic E-state index is 0.112. The molecule has 3 aromatic rings. The lowest BCUT2D eigenvalue weighted by Gasteiger charge is -2.35. The average Bonchev–Trinajstić information content (AvgIpc) is 3.08. The van der Waals surface area contributed by atoms with Crippen LogP contribution in [0.1, 0.15) is 42.6 Å². The van der Waals surface area contributed by atoms with Gasteiger partial charge in [0, 0.05) is 22.9 Å². The van der Waals surface area contributed by atoms with E-state index in [9.17, 15) is 14.7 Å². The van der Waals surface area contributed by atoms with Crippen LogP contribution in [0.15, 0.2) is 53.8 Å². The van der Waals surface area contributed by atoms with Gasteiger partial charge in [0.15, 0.2) is 5.60 Å². The summed E-state index contributed by atoms with van der Waals surface area (Å²) in [6.45, 7) is 5.80. The molecule has 1 unspecified atom stereocenters. The van der Waals surface area contributed by atoms with Crippen molar-refractivity contribution in [3.05, 3.63) is 76.1 Å². The van der Waals surface area contributed by atoms with Crippen molar-refractivity contribution in [2.75, 3.05) is 0 Å². The second-order valence-corrected chi connectivity index (χ2v) is 7.57. The molecule has 6 nitrogen and oxygen atoms in total. The molecule has 0 amide bonds. The summed E-state index contributed by atoms with van der Waals surface area (Å²) in [6, 6.07) is 11.6. The Morgan fingerprint density at radius 2 is 2.14 bits per heavy atom. The van der Waals surface area contributed by atoms with Gasteiger partial charge in [0.05, 0.1) is 29.0 Å². The lowest BCUT2D eigenvalue weighted by Crippen LogP contribution is -2.46. The number of rotatable bonds is 3. The van der Waals surface area contributed by atoms with E-state index in [-0.39, 0.29) is 12.0 Å². The third-order valence-electron chi connectivity index (χ3n) is 5.96. The third kappa shape index (κ3) is 2.36. The minimum Gasteiger partial charge on any atom is -0.455 e. The van der Waals surface area contributed by atoms with Crippen LogP contribution in [0.2, 0.25) is 0 Å². The van der Waals surface area contributed by atoms with Crippen molar-refractivity contribution in [1.82, 2.24) is 9.55 Å². The van der Waals surface area contributed by atoms with Crippen LogP contribution in [0, 0.1) is 0 Å². The molecule has 2 aliphatic heterocycles. The van der Waals surface area contributed by atoms with Crippen LogP contribution >= 0.6 is 0 Å². The fourth-order valence-electron chi connectivity index (χ4n) is 4.39. The number of ether oxygens (including phenoxy) is 1. The highest BCUT2D eigenvalue weighted by Crippen LogP contribution is 2.42. The number of aliphatic hydroxyl groups is 1. The summed E-state index contributed by atoms with van der Waals surface area (Å²) in [4.78, 5) is 30.8. The van der Waals surface area contributed by atoms with E-state index < -0.39 is 17.7 Å². The highest BCUT2D eigenvalue weighted by Gasteiger charge is 2.48. The largest absolute Gasteiger partial charge is 0.455 e. The number of fused-ring (bicyclic) bond motifs is 5. The first kappa shape index (κ1) is 17.8. The summed E-state index contributed by atoms with van der Waals surface area (Å²) >= 11 is 0. The highest BCUT2D eigenvalue weighted by atomic mass is 16.6. The van der Waals surface area contributed by atoms with Crippen LogP contribution < -0.4 is 5.56 Å². The van der Waals surface area contributed by atoms with Gasteiger partial charge in [0.25, 0.3) is 5.56 Å². The summed E-state index contributed by atoms with van der Waals surface area (Å²) in [5, 5.41) is 12.1. The molecular weight excluding hydrogens is 368 g/mol. The Bertz CT molecular complexity index is 1260. The number of carbonyl (C=O) groups excluding carboxylic acids is 1. The zero-order valence-electron chi connectivity index (χ0n) is 16.0. The zero-order chi connectivity index (χ0) is 20.3. The molecule has 146 valence electrons. The molecule has 5 rings (SSSR count). The van der Waals surface area contributed by atoms with Crippen molar-refractivity contribution in [2.45, 2.75) is 38.0 Å². The summed E-state index contributed by atoms with van der Waals surface area (Å²) in [6.07, 6.45) is 1.28.